The molecule has 3 N–H and O–H groups in total. The zero-order valence-corrected chi connectivity index (χ0v) is 15.7. The number of likely N-dealkylation sites (N-methyl/N-ethyl adjacent to an activating group) is 1. The average Bonchev–Trinajstić information content (AvgIpc) is 3.13. The standard InChI is InChI=1S/C17H26ClN5O2/c1-4-23(5-2)9-8-19-16(24)12-10-13(18)14(11-15(12)25-3)22-17-20-6-7-21-17/h10-11H,4-9H2,1-3H3,(H,19,24)(H2,20,21,22). The molecule has 0 atom stereocenters. The molecule has 1 aromatic carbocycles. The summed E-state index contributed by atoms with van der Waals surface area (Å²) in [7, 11) is 1.53. The zero-order valence-electron chi connectivity index (χ0n) is 15.0. The number of hydrogen-bond donors (Lipinski definition) is 3. The Morgan fingerprint density at radius 2 is 2.16 bits per heavy atom. The lowest BCUT2D eigenvalue weighted by molar-refractivity contribution is 0.0946. The Morgan fingerprint density at radius 3 is 2.76 bits per heavy atom. The number of hydrogen-bond acceptors (Lipinski definition) is 6. The normalized spacial score (nSPS) is 13.4. The predicted molar refractivity (Wildman–Crippen MR) is 102 cm³/mol. The highest BCUT2D eigenvalue weighted by Gasteiger charge is 2.17. The summed E-state index contributed by atoms with van der Waals surface area (Å²) < 4.78 is 5.37. The molecule has 0 aliphatic carbocycles. The van der Waals surface area contributed by atoms with Crippen LogP contribution in [0.25, 0.3) is 0 Å². The maximum absolute atomic E-state index is 12.5. The third kappa shape index (κ3) is 5.24. The topological polar surface area (TPSA) is 78.0 Å². The second kappa shape index (κ2) is 9.48. The van der Waals surface area contributed by atoms with Gasteiger partial charge >= 0.3 is 0 Å². The largest absolute Gasteiger partial charge is 0.496 e. The number of halogens is 1. The molecule has 0 saturated heterocycles. The molecule has 1 aromatic rings. The Morgan fingerprint density at radius 1 is 1.40 bits per heavy atom. The van der Waals surface area contributed by atoms with Crippen LogP contribution in [0, 0.1) is 0 Å². The first-order chi connectivity index (χ1) is 12.1. The van der Waals surface area contributed by atoms with Gasteiger partial charge in [-0.3, -0.25) is 9.79 Å². The molecule has 7 nitrogen and oxygen atoms in total. The quantitative estimate of drug-likeness (QED) is 0.653. The lowest BCUT2D eigenvalue weighted by atomic mass is 10.1. The fourth-order valence-electron chi connectivity index (χ4n) is 2.57. The molecule has 1 aliphatic heterocycles. The molecule has 1 aliphatic rings. The van der Waals surface area contributed by atoms with E-state index in [4.69, 9.17) is 16.3 Å². The number of amides is 1. The molecule has 25 heavy (non-hydrogen) atoms. The molecule has 1 heterocycles. The van der Waals surface area contributed by atoms with Gasteiger partial charge in [0.1, 0.15) is 5.75 Å². The van der Waals surface area contributed by atoms with Gasteiger partial charge in [-0.15, -0.1) is 0 Å². The number of anilines is 1. The molecule has 8 heteroatoms. The minimum Gasteiger partial charge on any atom is -0.496 e. The summed E-state index contributed by atoms with van der Waals surface area (Å²) >= 11 is 6.32. The van der Waals surface area contributed by atoms with Crippen LogP contribution in [0.15, 0.2) is 17.1 Å². The molecule has 0 radical (unpaired) electrons. The van der Waals surface area contributed by atoms with Crippen LogP contribution in [0.4, 0.5) is 5.69 Å². The molecule has 138 valence electrons. The molecule has 0 fully saturated rings. The Hall–Kier alpha value is -1.99. The number of carbonyl (C=O) groups is 1. The van der Waals surface area contributed by atoms with Crippen molar-refractivity contribution in [1.29, 1.82) is 0 Å². The van der Waals surface area contributed by atoms with E-state index in [1.807, 2.05) is 0 Å². The van der Waals surface area contributed by atoms with Gasteiger partial charge in [-0.1, -0.05) is 25.4 Å². The predicted octanol–water partition coefficient (Wildman–Crippen LogP) is 1.79. The lowest BCUT2D eigenvalue weighted by Crippen LogP contribution is -2.35. The van der Waals surface area contributed by atoms with Crippen LogP contribution in [0.5, 0.6) is 5.75 Å². The highest BCUT2D eigenvalue weighted by atomic mass is 35.5. The van der Waals surface area contributed by atoms with Crippen LogP contribution in [0.3, 0.4) is 0 Å². The van der Waals surface area contributed by atoms with Gasteiger partial charge in [-0.2, -0.15) is 0 Å². The van der Waals surface area contributed by atoms with E-state index >= 15 is 0 Å². The summed E-state index contributed by atoms with van der Waals surface area (Å²) in [4.78, 5) is 19.0. The van der Waals surface area contributed by atoms with Crippen molar-refractivity contribution in [2.24, 2.45) is 4.99 Å². The molecule has 2 rings (SSSR count). The Bertz CT molecular complexity index is 632. The van der Waals surface area contributed by atoms with E-state index in [1.165, 1.54) is 7.11 Å². The van der Waals surface area contributed by atoms with E-state index in [0.29, 0.717) is 34.5 Å². The van der Waals surface area contributed by atoms with Crippen LogP contribution in [-0.2, 0) is 0 Å². The van der Waals surface area contributed by atoms with Crippen molar-refractivity contribution in [3.05, 3.63) is 22.7 Å². The maximum atomic E-state index is 12.5. The number of ether oxygens (including phenoxy) is 1. The summed E-state index contributed by atoms with van der Waals surface area (Å²) in [5.74, 6) is 0.931. The number of methoxy groups -OCH3 is 1. The van der Waals surface area contributed by atoms with E-state index < -0.39 is 0 Å². The zero-order chi connectivity index (χ0) is 18.2. The summed E-state index contributed by atoms with van der Waals surface area (Å²) in [6, 6.07) is 3.33. The molecule has 0 saturated carbocycles. The fourth-order valence-corrected chi connectivity index (χ4v) is 2.78. The van der Waals surface area contributed by atoms with Gasteiger partial charge in [0.15, 0.2) is 5.96 Å². The van der Waals surface area contributed by atoms with E-state index in [-0.39, 0.29) is 5.91 Å². The Kier molecular flexibility index (Phi) is 7.33. The molecule has 0 aromatic heterocycles. The first-order valence-corrected chi connectivity index (χ1v) is 8.90. The monoisotopic (exact) mass is 367 g/mol. The summed E-state index contributed by atoms with van der Waals surface area (Å²) in [5.41, 5.74) is 1.06. The van der Waals surface area contributed by atoms with Gasteiger partial charge in [0.2, 0.25) is 0 Å². The van der Waals surface area contributed by atoms with Crippen molar-refractivity contribution in [2.45, 2.75) is 13.8 Å². The number of nitrogens with zero attached hydrogens (tertiary/aromatic N) is 2. The van der Waals surface area contributed by atoms with E-state index in [0.717, 1.165) is 32.7 Å². The van der Waals surface area contributed by atoms with Crippen LogP contribution < -0.4 is 20.7 Å². The molecule has 0 unspecified atom stereocenters. The molecule has 0 spiro atoms. The van der Waals surface area contributed by atoms with Crippen molar-refractivity contribution in [3.8, 4) is 5.75 Å². The Balaban J connectivity index is 2.06. The van der Waals surface area contributed by atoms with Crippen molar-refractivity contribution in [3.63, 3.8) is 0 Å². The van der Waals surface area contributed by atoms with Crippen LogP contribution >= 0.6 is 11.6 Å². The van der Waals surface area contributed by atoms with Gasteiger partial charge in [-0.05, 0) is 19.2 Å². The van der Waals surface area contributed by atoms with Gasteiger partial charge in [-0.25, -0.2) is 0 Å². The highest BCUT2D eigenvalue weighted by molar-refractivity contribution is 6.34. The van der Waals surface area contributed by atoms with Gasteiger partial charge < -0.3 is 25.6 Å². The molecular weight excluding hydrogens is 342 g/mol. The molecule has 0 bridgehead atoms. The van der Waals surface area contributed by atoms with Crippen molar-refractivity contribution in [1.82, 2.24) is 15.5 Å². The number of aliphatic imine (C=N–C) groups is 1. The maximum Gasteiger partial charge on any atom is 0.255 e. The van der Waals surface area contributed by atoms with Crippen LogP contribution in [0.1, 0.15) is 24.2 Å². The second-order valence-electron chi connectivity index (χ2n) is 5.60. The SMILES string of the molecule is CCN(CC)CCNC(=O)c1cc(Cl)c(NC2=NCCN2)cc1OC. The van der Waals surface area contributed by atoms with E-state index in [2.05, 4.69) is 39.7 Å². The summed E-state index contributed by atoms with van der Waals surface area (Å²) in [6.07, 6.45) is 0. The van der Waals surface area contributed by atoms with E-state index in [9.17, 15) is 4.79 Å². The molecular formula is C17H26ClN5O2. The fraction of sp³-hybridized carbons (Fsp3) is 0.529. The highest BCUT2D eigenvalue weighted by Crippen LogP contribution is 2.31. The number of nitrogens with one attached hydrogen (secondary N) is 3. The van der Waals surface area contributed by atoms with Crippen molar-refractivity contribution < 1.29 is 9.53 Å². The second-order valence-corrected chi connectivity index (χ2v) is 6.00. The van der Waals surface area contributed by atoms with Crippen molar-refractivity contribution >= 4 is 29.2 Å². The van der Waals surface area contributed by atoms with Gasteiger partial charge in [0, 0.05) is 25.7 Å². The number of carbonyl (C=O) groups excluding carboxylic acids is 1. The van der Waals surface area contributed by atoms with Gasteiger partial charge in [0.05, 0.1) is 29.9 Å². The van der Waals surface area contributed by atoms with E-state index in [1.54, 1.807) is 12.1 Å². The van der Waals surface area contributed by atoms with Gasteiger partial charge in [0.25, 0.3) is 5.91 Å². The summed E-state index contributed by atoms with van der Waals surface area (Å²) in [6.45, 7) is 9.02. The number of guanidine groups is 1. The first kappa shape index (κ1) is 19.3. The smallest absolute Gasteiger partial charge is 0.255 e. The summed E-state index contributed by atoms with van der Waals surface area (Å²) in [5, 5.41) is 9.58. The Labute approximate surface area is 153 Å². The first-order valence-electron chi connectivity index (χ1n) is 8.52. The average molecular weight is 368 g/mol. The lowest BCUT2D eigenvalue weighted by Gasteiger charge is -2.18. The minimum atomic E-state index is -0.200. The number of benzene rings is 1. The van der Waals surface area contributed by atoms with Crippen LogP contribution in [0.2, 0.25) is 5.02 Å². The van der Waals surface area contributed by atoms with Crippen molar-refractivity contribution in [2.75, 3.05) is 51.7 Å². The minimum absolute atomic E-state index is 0.200. The molecule has 1 amide bonds. The number of rotatable bonds is 8. The third-order valence-electron chi connectivity index (χ3n) is 4.07. The van der Waals surface area contributed by atoms with Crippen LogP contribution in [-0.4, -0.2) is 63.1 Å². The third-order valence-corrected chi connectivity index (χ3v) is 4.38.